The van der Waals surface area contributed by atoms with Crippen LogP contribution in [0.2, 0.25) is 0 Å². The van der Waals surface area contributed by atoms with Crippen molar-refractivity contribution in [1.29, 1.82) is 0 Å². The molecular weight excluding hydrogens is 297 g/mol. The molecule has 1 aromatic carbocycles. The fourth-order valence-corrected chi connectivity index (χ4v) is 2.70. The zero-order chi connectivity index (χ0) is 15.8. The standard InChI is InChI=1S/C16H14FN5O/c17-13-3-1-11(2-4-13)12-7-15(18-8-12)16(23)21-9-14(10-21)22-6-5-19-20-22/h1-8,14,18H,9-10H2. The van der Waals surface area contributed by atoms with E-state index in [4.69, 9.17) is 0 Å². The molecule has 1 N–H and O–H groups in total. The van der Waals surface area contributed by atoms with Crippen LogP contribution in [-0.4, -0.2) is 43.9 Å². The van der Waals surface area contributed by atoms with Gasteiger partial charge in [0.1, 0.15) is 11.5 Å². The molecular formula is C16H14FN5O. The molecule has 116 valence electrons. The molecule has 1 amide bonds. The number of hydrogen-bond acceptors (Lipinski definition) is 3. The summed E-state index contributed by atoms with van der Waals surface area (Å²) in [6, 6.07) is 8.17. The van der Waals surface area contributed by atoms with E-state index in [1.165, 1.54) is 12.1 Å². The molecule has 4 rings (SSSR count). The van der Waals surface area contributed by atoms with E-state index in [9.17, 15) is 9.18 Å². The predicted molar refractivity (Wildman–Crippen MR) is 81.1 cm³/mol. The van der Waals surface area contributed by atoms with E-state index in [0.717, 1.165) is 11.1 Å². The highest BCUT2D eigenvalue weighted by Gasteiger charge is 2.33. The Bertz CT molecular complexity index is 819. The van der Waals surface area contributed by atoms with Crippen LogP contribution < -0.4 is 0 Å². The largest absolute Gasteiger partial charge is 0.357 e. The first kappa shape index (κ1) is 13.7. The first-order chi connectivity index (χ1) is 11.2. The van der Waals surface area contributed by atoms with Gasteiger partial charge in [0.05, 0.1) is 12.2 Å². The molecule has 2 aromatic heterocycles. The molecule has 3 aromatic rings. The summed E-state index contributed by atoms with van der Waals surface area (Å²) in [5.41, 5.74) is 2.26. The van der Waals surface area contributed by atoms with Crippen molar-refractivity contribution in [3.8, 4) is 11.1 Å². The van der Waals surface area contributed by atoms with Gasteiger partial charge in [0.2, 0.25) is 0 Å². The SMILES string of the molecule is O=C(c1cc(-c2ccc(F)cc2)c[nH]1)N1CC(n2ccnn2)C1. The number of hydrogen-bond donors (Lipinski definition) is 1. The molecule has 0 radical (unpaired) electrons. The smallest absolute Gasteiger partial charge is 0.270 e. The second-order valence-electron chi connectivity index (χ2n) is 5.56. The van der Waals surface area contributed by atoms with E-state index in [-0.39, 0.29) is 17.8 Å². The van der Waals surface area contributed by atoms with Crippen LogP contribution in [0.1, 0.15) is 16.5 Å². The van der Waals surface area contributed by atoms with E-state index in [1.54, 1.807) is 46.4 Å². The van der Waals surface area contributed by atoms with E-state index >= 15 is 0 Å². The zero-order valence-corrected chi connectivity index (χ0v) is 12.2. The van der Waals surface area contributed by atoms with Gasteiger partial charge in [-0.2, -0.15) is 0 Å². The van der Waals surface area contributed by atoms with Crippen LogP contribution in [0.4, 0.5) is 4.39 Å². The fourth-order valence-electron chi connectivity index (χ4n) is 2.70. The summed E-state index contributed by atoms with van der Waals surface area (Å²) in [5.74, 6) is -0.324. The molecule has 0 saturated carbocycles. The maximum absolute atomic E-state index is 13.0. The number of benzene rings is 1. The quantitative estimate of drug-likeness (QED) is 0.805. The number of halogens is 1. The summed E-state index contributed by atoms with van der Waals surface area (Å²) in [6.07, 6.45) is 5.19. The first-order valence-corrected chi connectivity index (χ1v) is 7.30. The lowest BCUT2D eigenvalue weighted by Gasteiger charge is -2.38. The molecule has 1 aliphatic heterocycles. The maximum atomic E-state index is 13.0. The Balaban J connectivity index is 1.45. The molecule has 6 nitrogen and oxygen atoms in total. The van der Waals surface area contributed by atoms with Crippen molar-refractivity contribution in [2.45, 2.75) is 6.04 Å². The van der Waals surface area contributed by atoms with Gasteiger partial charge in [-0.3, -0.25) is 4.79 Å². The first-order valence-electron chi connectivity index (χ1n) is 7.30. The van der Waals surface area contributed by atoms with E-state index in [2.05, 4.69) is 15.3 Å². The molecule has 3 heterocycles. The number of rotatable bonds is 3. The highest BCUT2D eigenvalue weighted by Crippen LogP contribution is 2.25. The maximum Gasteiger partial charge on any atom is 0.270 e. The Labute approximate surface area is 131 Å². The Kier molecular flexibility index (Phi) is 3.18. The molecule has 0 aliphatic carbocycles. The highest BCUT2D eigenvalue weighted by atomic mass is 19.1. The van der Waals surface area contributed by atoms with Gasteiger partial charge in [-0.25, -0.2) is 9.07 Å². The molecule has 0 unspecified atom stereocenters. The molecule has 7 heteroatoms. The molecule has 0 bridgehead atoms. The predicted octanol–water partition coefficient (Wildman–Crippen LogP) is 2.11. The van der Waals surface area contributed by atoms with Gasteiger partial charge in [0.25, 0.3) is 5.91 Å². The summed E-state index contributed by atoms with van der Waals surface area (Å²) in [4.78, 5) is 17.2. The van der Waals surface area contributed by atoms with Crippen LogP contribution in [0.3, 0.4) is 0 Å². The van der Waals surface area contributed by atoms with Crippen LogP contribution in [0.15, 0.2) is 48.9 Å². The third kappa shape index (κ3) is 2.50. The molecule has 1 fully saturated rings. The summed E-state index contributed by atoms with van der Waals surface area (Å²) < 4.78 is 14.7. The van der Waals surface area contributed by atoms with Gasteiger partial charge < -0.3 is 9.88 Å². The number of nitrogens with one attached hydrogen (secondary N) is 1. The van der Waals surface area contributed by atoms with E-state index in [0.29, 0.717) is 18.8 Å². The van der Waals surface area contributed by atoms with Crippen molar-refractivity contribution in [3.05, 3.63) is 60.4 Å². The Morgan fingerprint density at radius 2 is 2.00 bits per heavy atom. The molecule has 1 saturated heterocycles. The van der Waals surface area contributed by atoms with E-state index in [1.807, 2.05) is 0 Å². The normalized spacial score (nSPS) is 14.7. The number of amides is 1. The van der Waals surface area contributed by atoms with Gasteiger partial charge in [0, 0.05) is 25.5 Å². The van der Waals surface area contributed by atoms with Crippen LogP contribution in [-0.2, 0) is 0 Å². The Morgan fingerprint density at radius 1 is 1.22 bits per heavy atom. The number of H-pyrrole nitrogens is 1. The van der Waals surface area contributed by atoms with Crippen molar-refractivity contribution in [1.82, 2.24) is 24.9 Å². The Hall–Kier alpha value is -2.96. The summed E-state index contributed by atoms with van der Waals surface area (Å²) >= 11 is 0. The minimum atomic E-state index is -0.277. The summed E-state index contributed by atoms with van der Waals surface area (Å²) in [6.45, 7) is 1.24. The topological polar surface area (TPSA) is 66.8 Å². The Morgan fingerprint density at radius 3 is 2.70 bits per heavy atom. The fraction of sp³-hybridized carbons (Fsp3) is 0.188. The van der Waals surface area contributed by atoms with Gasteiger partial charge in [0.15, 0.2) is 0 Å². The van der Waals surface area contributed by atoms with Gasteiger partial charge in [-0.05, 0) is 29.3 Å². The lowest BCUT2D eigenvalue weighted by atomic mass is 10.1. The minimum Gasteiger partial charge on any atom is -0.357 e. The number of carbonyl (C=O) groups excluding carboxylic acids is 1. The second kappa shape index (κ2) is 5.35. The molecule has 1 aliphatic rings. The van der Waals surface area contributed by atoms with Crippen molar-refractivity contribution in [2.75, 3.05) is 13.1 Å². The third-order valence-electron chi connectivity index (χ3n) is 4.06. The number of carbonyl (C=O) groups is 1. The van der Waals surface area contributed by atoms with Crippen molar-refractivity contribution >= 4 is 5.91 Å². The highest BCUT2D eigenvalue weighted by molar-refractivity contribution is 5.94. The number of aromatic amines is 1. The van der Waals surface area contributed by atoms with Gasteiger partial charge in [-0.1, -0.05) is 17.3 Å². The number of nitrogens with zero attached hydrogens (tertiary/aromatic N) is 4. The summed E-state index contributed by atoms with van der Waals surface area (Å²) in [7, 11) is 0. The third-order valence-corrected chi connectivity index (χ3v) is 4.06. The van der Waals surface area contributed by atoms with Crippen LogP contribution in [0, 0.1) is 5.82 Å². The second-order valence-corrected chi connectivity index (χ2v) is 5.56. The van der Waals surface area contributed by atoms with Crippen molar-refractivity contribution < 1.29 is 9.18 Å². The molecule has 0 spiro atoms. The number of likely N-dealkylation sites (tertiary alicyclic amines) is 1. The van der Waals surface area contributed by atoms with Crippen LogP contribution >= 0.6 is 0 Å². The van der Waals surface area contributed by atoms with Crippen molar-refractivity contribution in [3.63, 3.8) is 0 Å². The monoisotopic (exact) mass is 311 g/mol. The van der Waals surface area contributed by atoms with Crippen LogP contribution in [0.5, 0.6) is 0 Å². The lowest BCUT2D eigenvalue weighted by molar-refractivity contribution is 0.0493. The van der Waals surface area contributed by atoms with Gasteiger partial charge >= 0.3 is 0 Å². The van der Waals surface area contributed by atoms with E-state index < -0.39 is 0 Å². The molecule has 23 heavy (non-hydrogen) atoms. The molecule has 0 atom stereocenters. The zero-order valence-electron chi connectivity index (χ0n) is 12.2. The lowest BCUT2D eigenvalue weighted by Crippen LogP contribution is -2.51. The van der Waals surface area contributed by atoms with Gasteiger partial charge in [-0.15, -0.1) is 5.10 Å². The summed E-state index contributed by atoms with van der Waals surface area (Å²) in [5, 5.41) is 7.72. The number of aromatic nitrogens is 4. The van der Waals surface area contributed by atoms with Crippen molar-refractivity contribution in [2.24, 2.45) is 0 Å². The average Bonchev–Trinajstić information content (AvgIpc) is 3.18. The minimum absolute atomic E-state index is 0.0465. The average molecular weight is 311 g/mol. The van der Waals surface area contributed by atoms with Crippen LogP contribution in [0.25, 0.3) is 11.1 Å².